The summed E-state index contributed by atoms with van der Waals surface area (Å²) < 4.78 is 3.17. The maximum atomic E-state index is 12.9. The van der Waals surface area contributed by atoms with E-state index in [0.717, 1.165) is 54.9 Å². The van der Waals surface area contributed by atoms with Crippen LogP contribution < -0.4 is 0 Å². The van der Waals surface area contributed by atoms with E-state index in [-0.39, 0.29) is 12.3 Å². The summed E-state index contributed by atoms with van der Waals surface area (Å²) in [6, 6.07) is 15.2. The molecule has 2 amide bonds. The summed E-state index contributed by atoms with van der Waals surface area (Å²) >= 11 is 4.41. The van der Waals surface area contributed by atoms with Crippen LogP contribution in [0.4, 0.5) is 4.79 Å². The Morgan fingerprint density at radius 1 is 1.00 bits per heavy atom. The van der Waals surface area contributed by atoms with Gasteiger partial charge >= 0.3 is 0 Å². The number of thioether (sulfide) groups is 1. The van der Waals surface area contributed by atoms with Crippen molar-refractivity contribution in [1.29, 1.82) is 0 Å². The molecule has 1 fully saturated rings. The zero-order valence-electron chi connectivity index (χ0n) is 18.8. The number of benzene rings is 2. The highest BCUT2D eigenvalue weighted by molar-refractivity contribution is 9.10. The highest BCUT2D eigenvalue weighted by atomic mass is 79.9. The predicted molar refractivity (Wildman–Crippen MR) is 136 cm³/mol. The molecule has 5 nitrogen and oxygen atoms in total. The standard InChI is InChI=1S/C26H23BrN2O3S/c1-15-5-7-19(8-6-15)23(30)14-28-25(31)24(33-26(28)32)13-20-12-17(3)29(18(20)4)21-9-10-22(27)16(2)11-21/h5-13H,14H2,1-4H3/b24-13-. The number of rotatable bonds is 5. The van der Waals surface area contributed by atoms with Crippen LogP contribution in [-0.4, -0.2) is 32.9 Å². The quantitative estimate of drug-likeness (QED) is 0.287. The van der Waals surface area contributed by atoms with E-state index in [0.29, 0.717) is 10.5 Å². The van der Waals surface area contributed by atoms with Gasteiger partial charge in [-0.1, -0.05) is 45.8 Å². The van der Waals surface area contributed by atoms with E-state index in [2.05, 4.69) is 26.6 Å². The molecule has 0 unspecified atom stereocenters. The van der Waals surface area contributed by atoms with Crippen LogP contribution in [0.5, 0.6) is 0 Å². The molecule has 168 valence electrons. The molecule has 7 heteroatoms. The molecule has 0 bridgehead atoms. The maximum Gasteiger partial charge on any atom is 0.293 e. The summed E-state index contributed by atoms with van der Waals surface area (Å²) in [7, 11) is 0. The number of carbonyl (C=O) groups is 3. The zero-order chi connectivity index (χ0) is 23.9. The van der Waals surface area contributed by atoms with Gasteiger partial charge in [0.2, 0.25) is 0 Å². The Balaban J connectivity index is 1.59. The van der Waals surface area contributed by atoms with Gasteiger partial charge in [-0.2, -0.15) is 0 Å². The van der Waals surface area contributed by atoms with Gasteiger partial charge in [-0.3, -0.25) is 19.3 Å². The van der Waals surface area contributed by atoms with E-state index in [4.69, 9.17) is 0 Å². The van der Waals surface area contributed by atoms with Crippen molar-refractivity contribution in [2.75, 3.05) is 6.54 Å². The third kappa shape index (κ3) is 4.61. The van der Waals surface area contributed by atoms with Crippen LogP contribution >= 0.6 is 27.7 Å². The Morgan fingerprint density at radius 3 is 2.36 bits per heavy atom. The fourth-order valence-electron chi connectivity index (χ4n) is 3.85. The van der Waals surface area contributed by atoms with Crippen molar-refractivity contribution in [3.63, 3.8) is 0 Å². The van der Waals surface area contributed by atoms with Crippen LogP contribution in [0.2, 0.25) is 0 Å². The van der Waals surface area contributed by atoms with Gasteiger partial charge in [0.15, 0.2) is 5.78 Å². The Hall–Kier alpha value is -2.90. The first-order valence-corrected chi connectivity index (χ1v) is 12.1. The monoisotopic (exact) mass is 522 g/mol. The third-order valence-electron chi connectivity index (χ3n) is 5.71. The molecule has 1 aliphatic rings. The molecule has 4 rings (SSSR count). The lowest BCUT2D eigenvalue weighted by Gasteiger charge is -2.12. The second kappa shape index (κ2) is 9.15. The molecule has 0 aliphatic carbocycles. The lowest BCUT2D eigenvalue weighted by atomic mass is 10.1. The SMILES string of the molecule is Cc1ccc(C(=O)CN2C(=O)S/C(=C\c3cc(C)n(-c4ccc(Br)c(C)c4)c3C)C2=O)cc1. The first-order chi connectivity index (χ1) is 15.7. The number of halogens is 1. The van der Waals surface area contributed by atoms with E-state index in [9.17, 15) is 14.4 Å². The highest BCUT2D eigenvalue weighted by Crippen LogP contribution is 2.34. The number of nitrogens with zero attached hydrogens (tertiary/aromatic N) is 2. The van der Waals surface area contributed by atoms with Gasteiger partial charge in [0, 0.05) is 27.1 Å². The van der Waals surface area contributed by atoms with E-state index in [1.807, 2.05) is 58.0 Å². The van der Waals surface area contributed by atoms with Crippen molar-refractivity contribution in [2.24, 2.45) is 0 Å². The molecule has 33 heavy (non-hydrogen) atoms. The van der Waals surface area contributed by atoms with Crippen molar-refractivity contribution < 1.29 is 14.4 Å². The first-order valence-electron chi connectivity index (χ1n) is 10.5. The minimum atomic E-state index is -0.435. The molecule has 0 radical (unpaired) electrons. The summed E-state index contributed by atoms with van der Waals surface area (Å²) in [5, 5.41) is -0.427. The number of Topliss-reactive ketones (excluding diaryl/α,β-unsaturated/α-hetero) is 1. The molecular weight excluding hydrogens is 500 g/mol. The number of aryl methyl sites for hydroxylation is 3. The van der Waals surface area contributed by atoms with Gasteiger partial charge in [0.1, 0.15) is 0 Å². The number of amides is 2. The average molecular weight is 523 g/mol. The van der Waals surface area contributed by atoms with Crippen LogP contribution in [0.1, 0.15) is 38.4 Å². The second-order valence-electron chi connectivity index (χ2n) is 8.15. The zero-order valence-corrected chi connectivity index (χ0v) is 21.2. The number of ketones is 1. The van der Waals surface area contributed by atoms with Crippen LogP contribution in [0.3, 0.4) is 0 Å². The van der Waals surface area contributed by atoms with E-state index in [1.165, 1.54) is 0 Å². The second-order valence-corrected chi connectivity index (χ2v) is 10.00. The summed E-state index contributed by atoms with van der Waals surface area (Å²) in [4.78, 5) is 39.4. The summed E-state index contributed by atoms with van der Waals surface area (Å²) in [6.07, 6.45) is 1.74. The largest absolute Gasteiger partial charge is 0.318 e. The molecule has 1 aliphatic heterocycles. The molecule has 1 saturated heterocycles. The van der Waals surface area contributed by atoms with Crippen LogP contribution in [0.15, 0.2) is 57.9 Å². The Kier molecular flexibility index (Phi) is 6.45. The highest BCUT2D eigenvalue weighted by Gasteiger charge is 2.36. The van der Waals surface area contributed by atoms with Crippen LogP contribution in [-0.2, 0) is 4.79 Å². The van der Waals surface area contributed by atoms with Crippen molar-refractivity contribution >= 4 is 50.7 Å². The van der Waals surface area contributed by atoms with Crippen molar-refractivity contribution in [3.8, 4) is 5.69 Å². The van der Waals surface area contributed by atoms with E-state index < -0.39 is 11.1 Å². The predicted octanol–water partition coefficient (Wildman–Crippen LogP) is 6.39. The molecule has 0 N–H and O–H groups in total. The van der Waals surface area contributed by atoms with Gasteiger partial charge in [-0.15, -0.1) is 0 Å². The summed E-state index contributed by atoms with van der Waals surface area (Å²) in [5.74, 6) is -0.697. The average Bonchev–Trinajstić information content (AvgIpc) is 3.20. The van der Waals surface area contributed by atoms with Gasteiger partial charge < -0.3 is 4.57 Å². The third-order valence-corrected chi connectivity index (χ3v) is 7.50. The molecule has 0 spiro atoms. The Labute approximate surface area is 205 Å². The lowest BCUT2D eigenvalue weighted by molar-refractivity contribution is -0.122. The molecule has 0 atom stereocenters. The van der Waals surface area contributed by atoms with Gasteiger partial charge in [-0.05, 0) is 80.9 Å². The van der Waals surface area contributed by atoms with Crippen molar-refractivity contribution in [2.45, 2.75) is 27.7 Å². The van der Waals surface area contributed by atoms with Crippen LogP contribution in [0.25, 0.3) is 11.8 Å². The fraction of sp³-hybridized carbons (Fsp3) is 0.192. The van der Waals surface area contributed by atoms with E-state index in [1.54, 1.807) is 18.2 Å². The Morgan fingerprint density at radius 2 is 1.70 bits per heavy atom. The number of hydrogen-bond acceptors (Lipinski definition) is 4. The molecule has 1 aromatic heterocycles. The van der Waals surface area contributed by atoms with Crippen LogP contribution in [0, 0.1) is 27.7 Å². The molecule has 2 aromatic carbocycles. The minimum Gasteiger partial charge on any atom is -0.318 e. The molecular formula is C26H23BrN2O3S. The lowest BCUT2D eigenvalue weighted by Crippen LogP contribution is -2.33. The smallest absolute Gasteiger partial charge is 0.293 e. The minimum absolute atomic E-state index is 0.262. The fourth-order valence-corrected chi connectivity index (χ4v) is 4.93. The van der Waals surface area contributed by atoms with Gasteiger partial charge in [-0.25, -0.2) is 0 Å². The normalized spacial score (nSPS) is 15.1. The summed E-state index contributed by atoms with van der Waals surface area (Å²) in [6.45, 7) is 7.71. The van der Waals surface area contributed by atoms with Gasteiger partial charge in [0.05, 0.1) is 11.4 Å². The number of hydrogen-bond donors (Lipinski definition) is 0. The van der Waals surface area contributed by atoms with Gasteiger partial charge in [0.25, 0.3) is 11.1 Å². The number of aromatic nitrogens is 1. The van der Waals surface area contributed by atoms with E-state index >= 15 is 0 Å². The van der Waals surface area contributed by atoms with Crippen molar-refractivity contribution in [3.05, 3.63) is 91.6 Å². The first kappa shape index (κ1) is 23.3. The Bertz CT molecular complexity index is 1320. The maximum absolute atomic E-state index is 12.9. The topological polar surface area (TPSA) is 59.4 Å². The number of imide groups is 1. The number of carbonyl (C=O) groups excluding carboxylic acids is 3. The molecule has 0 saturated carbocycles. The van der Waals surface area contributed by atoms with Crippen molar-refractivity contribution in [1.82, 2.24) is 9.47 Å². The molecule has 2 heterocycles. The molecule has 3 aromatic rings. The summed E-state index contributed by atoms with van der Waals surface area (Å²) in [5.41, 5.74) is 6.53.